The molecule has 4 rings (SSSR count). The number of sulfonamides is 1. The van der Waals surface area contributed by atoms with Crippen molar-refractivity contribution in [1.29, 1.82) is 0 Å². The van der Waals surface area contributed by atoms with E-state index in [1.165, 1.54) is 21.9 Å². The molecule has 4 aromatic rings. The van der Waals surface area contributed by atoms with Crippen LogP contribution in [-0.4, -0.2) is 37.9 Å². The van der Waals surface area contributed by atoms with Crippen molar-refractivity contribution >= 4 is 38.1 Å². The molecule has 1 amide bonds. The summed E-state index contributed by atoms with van der Waals surface area (Å²) in [7, 11) is -1.90. The van der Waals surface area contributed by atoms with Crippen LogP contribution < -0.4 is 14.4 Å². The monoisotopic (exact) mass is 522 g/mol. The van der Waals surface area contributed by atoms with Gasteiger partial charge in [-0.05, 0) is 79.1 Å². The van der Waals surface area contributed by atoms with Crippen LogP contribution in [0.5, 0.6) is 5.75 Å². The van der Waals surface area contributed by atoms with Gasteiger partial charge in [0, 0.05) is 11.1 Å². The van der Waals surface area contributed by atoms with Crippen LogP contribution in [0.1, 0.15) is 27.0 Å². The van der Waals surface area contributed by atoms with Gasteiger partial charge in [0.05, 0.1) is 25.6 Å². The molecule has 1 heterocycles. The van der Waals surface area contributed by atoms with E-state index in [-0.39, 0.29) is 12.5 Å². The Kier molecular flexibility index (Phi) is 7.37. The fraction of sp³-hybridized carbons (Fsp3) is 0.192. The predicted molar refractivity (Wildman–Crippen MR) is 143 cm³/mol. The maximum absolute atomic E-state index is 12.7. The lowest BCUT2D eigenvalue weighted by Crippen LogP contribution is -2.29. The van der Waals surface area contributed by atoms with E-state index in [0.29, 0.717) is 21.4 Å². The minimum Gasteiger partial charge on any atom is -0.497 e. The average molecular weight is 523 g/mol. The normalized spacial score (nSPS) is 11.2. The van der Waals surface area contributed by atoms with Crippen molar-refractivity contribution < 1.29 is 17.9 Å². The minimum absolute atomic E-state index is 0.158. The first kappa shape index (κ1) is 25.3. The number of benzene rings is 3. The SMILES string of the molecule is COc1ccc(-c2nnc(NC(=O)c3ccc(CN(c4cc(C)cc(C)c4)S(C)(=O)=O)cc3)s2)cc1. The van der Waals surface area contributed by atoms with Crippen LogP contribution in [0.3, 0.4) is 0 Å². The maximum Gasteiger partial charge on any atom is 0.257 e. The largest absolute Gasteiger partial charge is 0.497 e. The molecule has 0 saturated heterocycles. The maximum atomic E-state index is 12.7. The Morgan fingerprint density at radius 2 is 1.61 bits per heavy atom. The number of aromatic nitrogens is 2. The first-order valence-electron chi connectivity index (χ1n) is 11.1. The highest BCUT2D eigenvalue weighted by Gasteiger charge is 2.19. The van der Waals surface area contributed by atoms with Crippen LogP contribution in [-0.2, 0) is 16.6 Å². The van der Waals surface area contributed by atoms with E-state index in [4.69, 9.17) is 4.74 Å². The zero-order valence-electron chi connectivity index (χ0n) is 20.3. The first-order chi connectivity index (χ1) is 17.1. The number of rotatable bonds is 8. The Morgan fingerprint density at radius 3 is 2.19 bits per heavy atom. The molecule has 0 aliphatic heterocycles. The summed E-state index contributed by atoms with van der Waals surface area (Å²) in [5, 5.41) is 12.0. The second-order valence-corrected chi connectivity index (χ2v) is 11.3. The Balaban J connectivity index is 1.46. The molecule has 0 aliphatic carbocycles. The van der Waals surface area contributed by atoms with Crippen LogP contribution in [0, 0.1) is 13.8 Å². The van der Waals surface area contributed by atoms with Crippen LogP contribution in [0.2, 0.25) is 0 Å². The third-order valence-electron chi connectivity index (χ3n) is 5.42. The lowest BCUT2D eigenvalue weighted by molar-refractivity contribution is 0.102. The number of methoxy groups -OCH3 is 1. The van der Waals surface area contributed by atoms with Gasteiger partial charge in [-0.2, -0.15) is 0 Å². The topological polar surface area (TPSA) is 101 Å². The van der Waals surface area contributed by atoms with Crippen molar-refractivity contribution in [2.24, 2.45) is 0 Å². The Hall–Kier alpha value is -3.76. The number of anilines is 2. The van der Waals surface area contributed by atoms with Gasteiger partial charge in [-0.25, -0.2) is 8.42 Å². The first-order valence-corrected chi connectivity index (χ1v) is 13.7. The number of amides is 1. The fourth-order valence-electron chi connectivity index (χ4n) is 3.72. The second-order valence-electron chi connectivity index (χ2n) is 8.41. The molecule has 186 valence electrons. The quantitative estimate of drug-likeness (QED) is 0.348. The number of nitrogens with zero attached hydrogens (tertiary/aromatic N) is 3. The van der Waals surface area contributed by atoms with Crippen LogP contribution >= 0.6 is 11.3 Å². The molecule has 0 fully saturated rings. The average Bonchev–Trinajstić information content (AvgIpc) is 3.30. The molecule has 0 aliphatic rings. The van der Waals surface area contributed by atoms with Crippen molar-refractivity contribution in [3.63, 3.8) is 0 Å². The molecule has 0 atom stereocenters. The molecule has 1 aromatic heterocycles. The zero-order valence-corrected chi connectivity index (χ0v) is 22.0. The number of aryl methyl sites for hydroxylation is 2. The zero-order chi connectivity index (χ0) is 25.9. The van der Waals surface area contributed by atoms with Gasteiger partial charge >= 0.3 is 0 Å². The number of nitrogens with one attached hydrogen (secondary N) is 1. The van der Waals surface area contributed by atoms with Gasteiger partial charge in [0.1, 0.15) is 10.8 Å². The minimum atomic E-state index is -3.51. The number of hydrogen-bond donors (Lipinski definition) is 1. The van der Waals surface area contributed by atoms with E-state index in [9.17, 15) is 13.2 Å². The number of carbonyl (C=O) groups excluding carboxylic acids is 1. The van der Waals surface area contributed by atoms with Crippen molar-refractivity contribution in [2.45, 2.75) is 20.4 Å². The van der Waals surface area contributed by atoms with E-state index in [1.807, 2.05) is 56.3 Å². The van der Waals surface area contributed by atoms with Gasteiger partial charge < -0.3 is 4.74 Å². The van der Waals surface area contributed by atoms with E-state index in [1.54, 1.807) is 31.4 Å². The molecule has 0 saturated carbocycles. The molecule has 0 spiro atoms. The second kappa shape index (κ2) is 10.5. The Labute approximate surface area is 214 Å². The summed E-state index contributed by atoms with van der Waals surface area (Å²) in [6.45, 7) is 4.02. The predicted octanol–water partition coefficient (Wildman–Crippen LogP) is 5.05. The van der Waals surface area contributed by atoms with Crippen molar-refractivity contribution in [3.8, 4) is 16.3 Å². The van der Waals surface area contributed by atoms with Crippen molar-refractivity contribution in [3.05, 3.63) is 89.0 Å². The molecule has 36 heavy (non-hydrogen) atoms. The van der Waals surface area contributed by atoms with Gasteiger partial charge in [-0.15, -0.1) is 10.2 Å². The molecular weight excluding hydrogens is 496 g/mol. The lowest BCUT2D eigenvalue weighted by Gasteiger charge is -2.23. The third-order valence-corrected chi connectivity index (χ3v) is 7.45. The molecule has 0 unspecified atom stereocenters. The van der Waals surface area contributed by atoms with Gasteiger partial charge in [0.15, 0.2) is 0 Å². The summed E-state index contributed by atoms with van der Waals surface area (Å²) in [5.74, 6) is 0.419. The Bertz CT molecular complexity index is 1460. The summed E-state index contributed by atoms with van der Waals surface area (Å²) < 4.78 is 31.6. The summed E-state index contributed by atoms with van der Waals surface area (Å²) >= 11 is 1.27. The van der Waals surface area contributed by atoms with E-state index >= 15 is 0 Å². The number of carbonyl (C=O) groups is 1. The molecule has 1 N–H and O–H groups in total. The smallest absolute Gasteiger partial charge is 0.257 e. The molecule has 8 nitrogen and oxygen atoms in total. The number of ether oxygens (including phenoxy) is 1. The molecular formula is C26H26N4O4S2. The highest BCUT2D eigenvalue weighted by atomic mass is 32.2. The van der Waals surface area contributed by atoms with E-state index < -0.39 is 10.0 Å². The molecule has 3 aromatic carbocycles. The lowest BCUT2D eigenvalue weighted by atomic mass is 10.1. The van der Waals surface area contributed by atoms with E-state index in [0.717, 1.165) is 28.0 Å². The van der Waals surface area contributed by atoms with Crippen LogP contribution in [0.25, 0.3) is 10.6 Å². The summed E-state index contributed by atoms with van der Waals surface area (Å²) in [6.07, 6.45) is 1.19. The highest BCUT2D eigenvalue weighted by Crippen LogP contribution is 2.28. The van der Waals surface area contributed by atoms with Crippen LogP contribution in [0.15, 0.2) is 66.7 Å². The van der Waals surface area contributed by atoms with Gasteiger partial charge in [0.25, 0.3) is 5.91 Å². The van der Waals surface area contributed by atoms with Gasteiger partial charge in [0.2, 0.25) is 15.2 Å². The number of hydrogen-bond acceptors (Lipinski definition) is 7. The molecule has 0 radical (unpaired) electrons. The molecule has 10 heteroatoms. The van der Waals surface area contributed by atoms with E-state index in [2.05, 4.69) is 15.5 Å². The molecule has 0 bridgehead atoms. The Morgan fingerprint density at radius 1 is 0.972 bits per heavy atom. The highest BCUT2D eigenvalue weighted by molar-refractivity contribution is 7.92. The van der Waals surface area contributed by atoms with Crippen molar-refractivity contribution in [2.75, 3.05) is 23.0 Å². The van der Waals surface area contributed by atoms with Gasteiger partial charge in [-0.1, -0.05) is 29.5 Å². The summed E-state index contributed by atoms with van der Waals surface area (Å²) in [6, 6.07) is 19.9. The summed E-state index contributed by atoms with van der Waals surface area (Å²) in [4.78, 5) is 12.7. The van der Waals surface area contributed by atoms with Gasteiger partial charge in [-0.3, -0.25) is 14.4 Å². The van der Waals surface area contributed by atoms with Crippen molar-refractivity contribution in [1.82, 2.24) is 10.2 Å². The van der Waals surface area contributed by atoms with Crippen LogP contribution in [0.4, 0.5) is 10.8 Å². The third kappa shape index (κ3) is 6.07. The summed E-state index contributed by atoms with van der Waals surface area (Å²) in [5.41, 5.74) is 4.64. The fourth-order valence-corrected chi connectivity index (χ4v) is 5.33. The standard InChI is InChI=1S/C26H26N4O4S2/c1-17-13-18(2)15-22(14-17)30(36(4,32)33)16-19-5-7-20(8-6-19)24(31)27-26-29-28-25(35-26)21-9-11-23(34-3)12-10-21/h5-15H,16H2,1-4H3,(H,27,29,31).